The molecule has 1 aliphatic rings. The van der Waals surface area contributed by atoms with Crippen LogP contribution in [-0.2, 0) is 11.2 Å². The van der Waals surface area contributed by atoms with Gasteiger partial charge in [0.25, 0.3) is 0 Å². The van der Waals surface area contributed by atoms with Crippen LogP contribution < -0.4 is 5.73 Å². The molecule has 0 bridgehead atoms. The minimum Gasteiger partial charge on any atom is -0.399 e. The average Bonchev–Trinajstić information content (AvgIpc) is 2.52. The molecule has 0 heterocycles. The summed E-state index contributed by atoms with van der Waals surface area (Å²) in [4.78, 5) is 14.3. The standard InChI is InChI=1S/C18H28N2O/c1-3-14-7-10-17(11-8-14)20(2)18(21)12-9-15-5-4-6-16(19)13-15/h4-6,13-14,17H,3,7-12,19H2,1-2H3. The predicted octanol–water partition coefficient (Wildman–Crippen LogP) is 3.63. The summed E-state index contributed by atoms with van der Waals surface area (Å²) in [6.45, 7) is 2.27. The monoisotopic (exact) mass is 288 g/mol. The van der Waals surface area contributed by atoms with Crippen LogP contribution in [-0.4, -0.2) is 23.9 Å². The first-order chi connectivity index (χ1) is 10.1. The van der Waals surface area contributed by atoms with Crippen LogP contribution in [0.1, 0.15) is 51.0 Å². The molecule has 1 aromatic carbocycles. The highest BCUT2D eigenvalue weighted by molar-refractivity contribution is 5.76. The number of benzene rings is 1. The van der Waals surface area contributed by atoms with Crippen LogP contribution in [0.15, 0.2) is 24.3 Å². The van der Waals surface area contributed by atoms with E-state index in [4.69, 9.17) is 5.73 Å². The van der Waals surface area contributed by atoms with E-state index in [2.05, 4.69) is 6.92 Å². The smallest absolute Gasteiger partial charge is 0.222 e. The molecule has 0 unspecified atom stereocenters. The molecule has 1 aromatic rings. The third kappa shape index (κ3) is 4.48. The molecule has 0 radical (unpaired) electrons. The van der Waals surface area contributed by atoms with E-state index in [1.165, 1.54) is 32.1 Å². The van der Waals surface area contributed by atoms with Gasteiger partial charge in [-0.25, -0.2) is 0 Å². The Morgan fingerprint density at radius 3 is 2.62 bits per heavy atom. The highest BCUT2D eigenvalue weighted by Crippen LogP contribution is 2.29. The Morgan fingerprint density at radius 2 is 2.00 bits per heavy atom. The summed E-state index contributed by atoms with van der Waals surface area (Å²) in [5.41, 5.74) is 7.69. The van der Waals surface area contributed by atoms with Gasteiger partial charge >= 0.3 is 0 Å². The topological polar surface area (TPSA) is 46.3 Å². The number of nitrogens with two attached hydrogens (primary N) is 1. The number of nitrogens with zero attached hydrogens (tertiary/aromatic N) is 1. The van der Waals surface area contributed by atoms with Crippen LogP contribution in [0.3, 0.4) is 0 Å². The summed E-state index contributed by atoms with van der Waals surface area (Å²) in [6.07, 6.45) is 7.51. The van der Waals surface area contributed by atoms with Crippen molar-refractivity contribution in [1.82, 2.24) is 4.90 Å². The highest BCUT2D eigenvalue weighted by Gasteiger charge is 2.25. The van der Waals surface area contributed by atoms with E-state index in [1.54, 1.807) is 0 Å². The Hall–Kier alpha value is -1.51. The highest BCUT2D eigenvalue weighted by atomic mass is 16.2. The van der Waals surface area contributed by atoms with E-state index >= 15 is 0 Å². The summed E-state index contributed by atoms with van der Waals surface area (Å²) >= 11 is 0. The Morgan fingerprint density at radius 1 is 1.29 bits per heavy atom. The minimum atomic E-state index is 0.261. The number of hydrogen-bond acceptors (Lipinski definition) is 2. The van der Waals surface area contributed by atoms with Gasteiger partial charge in [0.05, 0.1) is 0 Å². The number of rotatable bonds is 5. The van der Waals surface area contributed by atoms with Gasteiger partial charge in [0.1, 0.15) is 0 Å². The van der Waals surface area contributed by atoms with Gasteiger partial charge in [0, 0.05) is 25.2 Å². The second kappa shape index (κ2) is 7.48. The molecule has 1 fully saturated rings. The average molecular weight is 288 g/mol. The molecule has 0 spiro atoms. The van der Waals surface area contributed by atoms with Gasteiger partial charge in [-0.3, -0.25) is 4.79 Å². The van der Waals surface area contributed by atoms with Gasteiger partial charge in [0.15, 0.2) is 0 Å². The van der Waals surface area contributed by atoms with Crippen molar-refractivity contribution in [3.8, 4) is 0 Å². The van der Waals surface area contributed by atoms with Gasteiger partial charge in [-0.15, -0.1) is 0 Å². The number of anilines is 1. The van der Waals surface area contributed by atoms with Crippen LogP contribution >= 0.6 is 0 Å². The fourth-order valence-electron chi connectivity index (χ4n) is 3.32. The van der Waals surface area contributed by atoms with Crippen molar-refractivity contribution in [2.45, 2.75) is 57.9 Å². The molecule has 0 saturated heterocycles. The van der Waals surface area contributed by atoms with Crippen LogP contribution in [0, 0.1) is 5.92 Å². The zero-order valence-electron chi connectivity index (χ0n) is 13.3. The van der Waals surface area contributed by atoms with Crippen molar-refractivity contribution in [3.63, 3.8) is 0 Å². The lowest BCUT2D eigenvalue weighted by Crippen LogP contribution is -2.39. The Bertz CT molecular complexity index is 464. The molecular weight excluding hydrogens is 260 g/mol. The maximum absolute atomic E-state index is 12.3. The van der Waals surface area contributed by atoms with E-state index in [-0.39, 0.29) is 5.91 Å². The molecule has 2 rings (SSSR count). The lowest BCUT2D eigenvalue weighted by Gasteiger charge is -2.34. The lowest BCUT2D eigenvalue weighted by atomic mass is 9.84. The van der Waals surface area contributed by atoms with Crippen molar-refractivity contribution in [1.29, 1.82) is 0 Å². The third-order valence-electron chi connectivity index (χ3n) is 4.91. The molecule has 0 aliphatic heterocycles. The fourth-order valence-corrected chi connectivity index (χ4v) is 3.32. The zero-order valence-corrected chi connectivity index (χ0v) is 13.3. The molecule has 1 aliphatic carbocycles. The summed E-state index contributed by atoms with van der Waals surface area (Å²) in [6, 6.07) is 8.27. The number of amides is 1. The number of nitrogen functional groups attached to an aromatic ring is 1. The quantitative estimate of drug-likeness (QED) is 0.841. The number of hydrogen-bond donors (Lipinski definition) is 1. The molecule has 1 amide bonds. The van der Waals surface area contributed by atoms with Crippen molar-refractivity contribution in [3.05, 3.63) is 29.8 Å². The van der Waals surface area contributed by atoms with E-state index in [0.717, 1.165) is 23.6 Å². The van der Waals surface area contributed by atoms with Crippen molar-refractivity contribution in [2.75, 3.05) is 12.8 Å². The van der Waals surface area contributed by atoms with Crippen molar-refractivity contribution < 1.29 is 4.79 Å². The normalized spacial score (nSPS) is 22.0. The molecule has 3 heteroatoms. The van der Waals surface area contributed by atoms with E-state index in [1.807, 2.05) is 36.2 Å². The summed E-state index contributed by atoms with van der Waals surface area (Å²) in [5, 5.41) is 0. The Balaban J connectivity index is 1.80. The third-order valence-corrected chi connectivity index (χ3v) is 4.91. The zero-order chi connectivity index (χ0) is 15.2. The molecule has 116 valence electrons. The maximum Gasteiger partial charge on any atom is 0.222 e. The molecule has 3 nitrogen and oxygen atoms in total. The van der Waals surface area contributed by atoms with Gasteiger partial charge in [-0.1, -0.05) is 25.5 Å². The largest absolute Gasteiger partial charge is 0.399 e. The lowest BCUT2D eigenvalue weighted by molar-refractivity contribution is -0.132. The van der Waals surface area contributed by atoms with E-state index in [0.29, 0.717) is 12.5 Å². The Labute approximate surface area is 128 Å². The van der Waals surface area contributed by atoms with Gasteiger partial charge in [-0.2, -0.15) is 0 Å². The van der Waals surface area contributed by atoms with Gasteiger partial charge in [-0.05, 0) is 55.7 Å². The second-order valence-corrected chi connectivity index (χ2v) is 6.33. The van der Waals surface area contributed by atoms with Crippen molar-refractivity contribution in [2.24, 2.45) is 5.92 Å². The Kier molecular flexibility index (Phi) is 5.66. The maximum atomic E-state index is 12.3. The minimum absolute atomic E-state index is 0.261. The molecule has 2 N–H and O–H groups in total. The number of aryl methyl sites for hydroxylation is 1. The molecule has 21 heavy (non-hydrogen) atoms. The second-order valence-electron chi connectivity index (χ2n) is 6.33. The predicted molar refractivity (Wildman–Crippen MR) is 88.0 cm³/mol. The molecule has 0 atom stereocenters. The van der Waals surface area contributed by atoms with E-state index in [9.17, 15) is 4.79 Å². The first-order valence-electron chi connectivity index (χ1n) is 8.20. The van der Waals surface area contributed by atoms with Crippen molar-refractivity contribution >= 4 is 11.6 Å². The SMILES string of the molecule is CCC1CCC(N(C)C(=O)CCc2cccc(N)c2)CC1. The van der Waals surface area contributed by atoms with Crippen LogP contribution in [0.25, 0.3) is 0 Å². The number of carbonyl (C=O) groups excluding carboxylic acids is 1. The number of carbonyl (C=O) groups is 1. The van der Waals surface area contributed by atoms with Crippen LogP contribution in [0.4, 0.5) is 5.69 Å². The van der Waals surface area contributed by atoms with Gasteiger partial charge in [0.2, 0.25) is 5.91 Å². The van der Waals surface area contributed by atoms with Gasteiger partial charge < -0.3 is 10.6 Å². The summed E-state index contributed by atoms with van der Waals surface area (Å²) in [7, 11) is 1.97. The first kappa shape index (κ1) is 15.9. The summed E-state index contributed by atoms with van der Waals surface area (Å²) < 4.78 is 0. The van der Waals surface area contributed by atoms with Crippen LogP contribution in [0.2, 0.25) is 0 Å². The molecule has 0 aromatic heterocycles. The van der Waals surface area contributed by atoms with E-state index < -0.39 is 0 Å². The van der Waals surface area contributed by atoms with Crippen LogP contribution in [0.5, 0.6) is 0 Å². The fraction of sp³-hybridized carbons (Fsp3) is 0.611. The first-order valence-corrected chi connectivity index (χ1v) is 8.20. The summed E-state index contributed by atoms with van der Waals surface area (Å²) in [5.74, 6) is 1.13. The molecular formula is C18H28N2O. The molecule has 1 saturated carbocycles.